The smallest absolute Gasteiger partial charge is 0.428 e. The molecule has 0 amide bonds. The molecule has 0 radical (unpaired) electrons. The second-order valence-corrected chi connectivity index (χ2v) is 7.36. The van der Waals surface area contributed by atoms with Crippen LogP contribution in [0.25, 0.3) is 0 Å². The molecule has 0 saturated carbocycles. The zero-order valence-corrected chi connectivity index (χ0v) is 17.6. The van der Waals surface area contributed by atoms with Crippen LogP contribution in [0.2, 0.25) is 0 Å². The lowest BCUT2D eigenvalue weighted by atomic mass is 9.64. The molecule has 1 N–H and O–H groups in total. The minimum atomic E-state index is -5.87. The maximum Gasteiger partial charge on any atom is 0.428 e. The first kappa shape index (κ1) is 26.6. The number of nitrogens with zero attached hydrogens (tertiary/aromatic N) is 1. The van der Waals surface area contributed by atoms with Gasteiger partial charge in [-0.1, -0.05) is 25.1 Å². The minimum Gasteiger partial charge on any atom is -0.834 e. The number of aliphatic hydroxyl groups is 1. The molecule has 0 spiro atoms. The van der Waals surface area contributed by atoms with Gasteiger partial charge in [-0.2, -0.15) is 26.3 Å². The molecule has 1 aromatic rings. The first-order valence-electron chi connectivity index (χ1n) is 9.60. The molecule has 0 saturated heterocycles. The number of rotatable bonds is 7. The van der Waals surface area contributed by atoms with Crippen LogP contribution in [-0.2, 0) is 24.5 Å². The van der Waals surface area contributed by atoms with Crippen molar-refractivity contribution in [2.45, 2.75) is 56.2 Å². The maximum absolute atomic E-state index is 14.1. The van der Waals surface area contributed by atoms with Crippen LogP contribution in [0.3, 0.4) is 0 Å². The van der Waals surface area contributed by atoms with Crippen molar-refractivity contribution in [1.29, 1.82) is 0 Å². The molecule has 1 aliphatic heterocycles. The highest BCUT2D eigenvalue weighted by Gasteiger charge is 2.69. The van der Waals surface area contributed by atoms with E-state index in [1.807, 2.05) is 0 Å². The fraction of sp³-hybridized carbons (Fsp3) is 0.550. The molecule has 0 aliphatic carbocycles. The van der Waals surface area contributed by atoms with Crippen molar-refractivity contribution in [1.82, 2.24) is 0 Å². The molecule has 2 rings (SSSR count). The van der Waals surface area contributed by atoms with Crippen molar-refractivity contribution in [3.63, 3.8) is 0 Å². The molecular weight excluding hydrogens is 464 g/mol. The molecule has 7 nitrogen and oxygen atoms in total. The Labute approximate surface area is 184 Å². The number of halogens is 6. The lowest BCUT2D eigenvalue weighted by Gasteiger charge is -2.52. The number of alkyl halides is 6. The van der Waals surface area contributed by atoms with Gasteiger partial charge >= 0.3 is 24.3 Å². The number of para-hydroxylation sites is 1. The number of benzene rings is 1. The molecule has 1 aliphatic rings. The molecule has 0 fully saturated rings. The van der Waals surface area contributed by atoms with Gasteiger partial charge in [0, 0.05) is 17.5 Å². The summed E-state index contributed by atoms with van der Waals surface area (Å²) in [5.41, 5.74) is -14.2. The first-order chi connectivity index (χ1) is 15.0. The number of ether oxygens (including phenoxy) is 2. The Morgan fingerprint density at radius 1 is 1.00 bits per heavy atom. The quantitative estimate of drug-likeness (QED) is 0.471. The maximum atomic E-state index is 14.1. The summed E-state index contributed by atoms with van der Waals surface area (Å²) in [7, 11) is 0. The first-order valence-corrected chi connectivity index (χ1v) is 9.60. The molecule has 2 unspecified atom stereocenters. The van der Waals surface area contributed by atoms with Crippen LogP contribution in [0, 0.1) is 0 Å². The fourth-order valence-electron chi connectivity index (χ4n) is 3.63. The van der Waals surface area contributed by atoms with Crippen LogP contribution in [0.1, 0.15) is 32.8 Å². The fourth-order valence-corrected chi connectivity index (χ4v) is 3.63. The van der Waals surface area contributed by atoms with Crippen LogP contribution in [0.15, 0.2) is 29.3 Å². The van der Waals surface area contributed by atoms with Gasteiger partial charge in [0.25, 0.3) is 5.60 Å². The topological polar surface area (TPSA) is 108 Å². The molecule has 0 aromatic heterocycles. The minimum absolute atomic E-state index is 0.336. The van der Waals surface area contributed by atoms with E-state index in [4.69, 9.17) is 0 Å². The van der Waals surface area contributed by atoms with E-state index in [-0.39, 0.29) is 5.69 Å². The van der Waals surface area contributed by atoms with E-state index < -0.39 is 71.8 Å². The van der Waals surface area contributed by atoms with Crippen molar-refractivity contribution in [3.05, 3.63) is 29.8 Å². The molecule has 33 heavy (non-hydrogen) atoms. The summed E-state index contributed by atoms with van der Waals surface area (Å²) in [6.07, 6.45) is -13.5. The monoisotopic (exact) mass is 484 g/mol. The number of carbonyl (C=O) groups excluding carboxylic acids is 2. The van der Waals surface area contributed by atoms with Crippen LogP contribution >= 0.6 is 0 Å². The van der Waals surface area contributed by atoms with Gasteiger partial charge in [0.05, 0.1) is 18.9 Å². The third kappa shape index (κ3) is 3.97. The highest BCUT2D eigenvalue weighted by Crippen LogP contribution is 2.53. The second kappa shape index (κ2) is 8.60. The number of carbonyl (C=O) groups is 2. The van der Waals surface area contributed by atoms with Crippen LogP contribution in [0.4, 0.5) is 32.0 Å². The van der Waals surface area contributed by atoms with Crippen molar-refractivity contribution < 1.29 is 55.6 Å². The van der Waals surface area contributed by atoms with Gasteiger partial charge < -0.3 is 19.7 Å². The van der Waals surface area contributed by atoms with E-state index in [0.717, 1.165) is 26.0 Å². The SMILES string of the molecule is CCOC(=O)C([O-])(C(F)(F)F)C1(C)C(C[C@@](O)(C(=O)OCC)C(F)(F)F)=Nc2ccccc21. The van der Waals surface area contributed by atoms with Gasteiger partial charge in [0.15, 0.2) is 0 Å². The Kier molecular flexibility index (Phi) is 6.92. The van der Waals surface area contributed by atoms with Gasteiger partial charge in [0.2, 0.25) is 0 Å². The van der Waals surface area contributed by atoms with Gasteiger partial charge in [0.1, 0.15) is 5.60 Å². The number of hydrogen-bond donors (Lipinski definition) is 1. The van der Waals surface area contributed by atoms with Crippen molar-refractivity contribution >= 4 is 23.3 Å². The van der Waals surface area contributed by atoms with Gasteiger partial charge in [-0.05, 0) is 25.5 Å². The van der Waals surface area contributed by atoms with E-state index in [1.54, 1.807) is 0 Å². The van der Waals surface area contributed by atoms with Crippen LogP contribution < -0.4 is 5.11 Å². The second-order valence-electron chi connectivity index (χ2n) is 7.36. The highest BCUT2D eigenvalue weighted by molar-refractivity contribution is 6.09. The third-order valence-corrected chi connectivity index (χ3v) is 5.45. The molecule has 13 heteroatoms. The van der Waals surface area contributed by atoms with Gasteiger partial charge in [-0.25, -0.2) is 4.79 Å². The van der Waals surface area contributed by atoms with Crippen molar-refractivity contribution in [2.24, 2.45) is 4.99 Å². The number of esters is 2. The summed E-state index contributed by atoms with van der Waals surface area (Å²) in [5, 5.41) is 23.6. The standard InChI is InChI=1S/C20H20F6NO6/c1-4-32-14(28)17(30,19(21,22)23)10-13-16(3,11-8-6-7-9-12(11)27-13)18(31,20(24,25)26)15(29)33-5-2/h6-9,30H,4-5,10H2,1-3H3/q-1/t16?,17-,18?/m1/s1. The Bertz CT molecular complexity index is 961. The average Bonchev–Trinajstić information content (AvgIpc) is 2.98. The lowest BCUT2D eigenvalue weighted by molar-refractivity contribution is -0.533. The molecule has 184 valence electrons. The summed E-state index contributed by atoms with van der Waals surface area (Å²) in [4.78, 5) is 28.1. The Morgan fingerprint density at radius 3 is 2.00 bits per heavy atom. The number of aliphatic imine (C=N–C) groups is 1. The Balaban J connectivity index is 2.82. The van der Waals surface area contributed by atoms with Crippen molar-refractivity contribution in [2.75, 3.05) is 13.2 Å². The van der Waals surface area contributed by atoms with E-state index in [0.29, 0.717) is 6.92 Å². The number of hydrogen-bond acceptors (Lipinski definition) is 7. The van der Waals surface area contributed by atoms with Crippen LogP contribution in [-0.4, -0.2) is 59.5 Å². The van der Waals surface area contributed by atoms with Gasteiger partial charge in [-0.15, -0.1) is 0 Å². The Morgan fingerprint density at radius 2 is 1.52 bits per heavy atom. The molecular formula is C20H20F6NO6-. The summed E-state index contributed by atoms with van der Waals surface area (Å²) in [6.45, 7) is 1.65. The summed E-state index contributed by atoms with van der Waals surface area (Å²) >= 11 is 0. The normalized spacial score (nSPS) is 22.0. The molecule has 1 aromatic carbocycles. The van der Waals surface area contributed by atoms with Crippen LogP contribution in [0.5, 0.6) is 0 Å². The largest absolute Gasteiger partial charge is 0.834 e. The highest BCUT2D eigenvalue weighted by atomic mass is 19.4. The molecule has 0 bridgehead atoms. The zero-order chi connectivity index (χ0) is 25.5. The van der Waals surface area contributed by atoms with E-state index in [1.165, 1.54) is 12.1 Å². The third-order valence-electron chi connectivity index (χ3n) is 5.45. The average molecular weight is 484 g/mol. The number of fused-ring (bicyclic) bond motifs is 1. The molecule has 1 heterocycles. The van der Waals surface area contributed by atoms with E-state index in [2.05, 4.69) is 14.5 Å². The summed E-state index contributed by atoms with van der Waals surface area (Å²) in [6, 6.07) is 4.58. The van der Waals surface area contributed by atoms with E-state index >= 15 is 0 Å². The molecule has 3 atom stereocenters. The predicted molar refractivity (Wildman–Crippen MR) is 98.6 cm³/mol. The van der Waals surface area contributed by atoms with E-state index in [9.17, 15) is 46.1 Å². The summed E-state index contributed by atoms with van der Waals surface area (Å²) in [5.74, 6) is -4.49. The lowest BCUT2D eigenvalue weighted by Crippen LogP contribution is -2.75. The zero-order valence-electron chi connectivity index (χ0n) is 17.6. The Hall–Kier alpha value is -2.67. The van der Waals surface area contributed by atoms with Crippen molar-refractivity contribution in [3.8, 4) is 0 Å². The summed E-state index contributed by atoms with van der Waals surface area (Å²) < 4.78 is 92.2. The van der Waals surface area contributed by atoms with Gasteiger partial charge in [-0.3, -0.25) is 9.79 Å². The predicted octanol–water partition coefficient (Wildman–Crippen LogP) is 2.50.